The fraction of sp³-hybridized carbons (Fsp3) is 0.0385. The van der Waals surface area contributed by atoms with E-state index in [1.807, 2.05) is 24.3 Å². The van der Waals surface area contributed by atoms with E-state index in [9.17, 15) is 0 Å². The predicted molar refractivity (Wildman–Crippen MR) is 287 cm³/mol. The van der Waals surface area contributed by atoms with E-state index in [1.54, 1.807) is 0 Å². The van der Waals surface area contributed by atoms with Crippen LogP contribution in [0.5, 0.6) is 0 Å². The second-order valence-electron chi connectivity index (χ2n) is 14.2. The second kappa shape index (κ2) is 26.6. The van der Waals surface area contributed by atoms with Crippen LogP contribution in [0, 0.1) is 22.7 Å². The molecule has 0 atom stereocenters. The van der Waals surface area contributed by atoms with Crippen LogP contribution >= 0.6 is 95.3 Å². The Kier molecular flexibility index (Phi) is 21.8. The third-order valence-corrected chi connectivity index (χ3v) is 18.9. The van der Waals surface area contributed by atoms with Gasteiger partial charge < -0.3 is 0 Å². The summed E-state index contributed by atoms with van der Waals surface area (Å²) in [5.41, 5.74) is 3.91. The Bertz CT molecular complexity index is 2340. The SMILES string of the molecule is N#Cc1ccc(C[P+](c2ccccc2)(c2ccccc2)c2ccccc2)cc1.N#Cc1ccc(C[P+](c2ccccc2)(c2ccccc2)c2ccccc2)cc1.[Cl][Mn-]([Cl])([Cl])[Cl].[Cl][Mn-]([Cl])([Cl])[Cl]. The summed E-state index contributed by atoms with van der Waals surface area (Å²) in [6.07, 6.45) is 1.85. The Balaban J connectivity index is 0.000000206. The molecule has 0 saturated carbocycles. The fourth-order valence-electron chi connectivity index (χ4n) is 7.45. The van der Waals surface area contributed by atoms with Crippen molar-refractivity contribution in [3.8, 4) is 12.1 Å². The van der Waals surface area contributed by atoms with E-state index in [4.69, 9.17) is 91.3 Å². The number of nitrogens with zero attached hydrogens (tertiary/aromatic N) is 2. The molecule has 2 nitrogen and oxygen atoms in total. The van der Waals surface area contributed by atoms with E-state index in [-0.39, 0.29) is 0 Å². The maximum atomic E-state index is 9.15. The number of nitriles is 2. The third kappa shape index (κ3) is 16.6. The molecule has 0 fully saturated rings. The van der Waals surface area contributed by atoms with Gasteiger partial charge in [0.1, 0.15) is 46.4 Å². The number of halogens is 8. The number of hydrogen-bond donors (Lipinski definition) is 0. The van der Waals surface area contributed by atoms with Crippen LogP contribution < -0.4 is 31.8 Å². The zero-order chi connectivity index (χ0) is 47.5. The molecule has 0 aliphatic carbocycles. The van der Waals surface area contributed by atoms with Gasteiger partial charge in [-0.25, -0.2) is 0 Å². The summed E-state index contributed by atoms with van der Waals surface area (Å²) < 4.78 is 0. The first-order valence-electron chi connectivity index (χ1n) is 19.9. The first-order chi connectivity index (χ1) is 31.7. The van der Waals surface area contributed by atoms with Gasteiger partial charge in [0.2, 0.25) is 0 Å². The third-order valence-electron chi connectivity index (χ3n) is 10.2. The second-order valence-corrected chi connectivity index (χ2v) is 44.6. The first-order valence-corrected chi connectivity index (χ1v) is 36.8. The van der Waals surface area contributed by atoms with Gasteiger partial charge in [-0.2, -0.15) is 10.5 Å². The monoisotopic (exact) mass is 1150 g/mol. The minimum absolute atomic E-state index is 0.701. The molecule has 0 unspecified atom stereocenters. The summed E-state index contributed by atoms with van der Waals surface area (Å²) in [6.45, 7) is 0. The van der Waals surface area contributed by atoms with Crippen molar-refractivity contribution in [2.75, 3.05) is 0 Å². The fourth-order valence-corrected chi connectivity index (χ4v) is 15.9. The van der Waals surface area contributed by atoms with Crippen molar-refractivity contribution >= 4 is 127 Å². The molecular weight excluding hydrogens is 1110 g/mol. The summed E-state index contributed by atoms with van der Waals surface area (Å²) in [5, 5.41) is 26.5. The van der Waals surface area contributed by atoms with Gasteiger partial charge in [0.05, 0.1) is 35.6 Å². The van der Waals surface area contributed by atoms with Crippen LogP contribution in [0.4, 0.5) is 0 Å². The molecule has 340 valence electrons. The number of hydrogen-bond acceptors (Lipinski definition) is 2. The Morgan fingerprint density at radius 3 is 0.606 bits per heavy atom. The van der Waals surface area contributed by atoms with Gasteiger partial charge in [-0.05, 0) is 108 Å². The van der Waals surface area contributed by atoms with Crippen LogP contribution in [0.1, 0.15) is 22.3 Å². The van der Waals surface area contributed by atoms with Crippen molar-refractivity contribution in [2.45, 2.75) is 12.3 Å². The van der Waals surface area contributed by atoms with Gasteiger partial charge in [-0.3, -0.25) is 0 Å². The number of benzene rings is 8. The van der Waals surface area contributed by atoms with Crippen molar-refractivity contribution in [2.24, 2.45) is 0 Å². The first kappa shape index (κ1) is 53.9. The molecular formula is C52H42Cl8Mn2N2P2. The molecule has 8 rings (SSSR count). The molecule has 0 amide bonds. The van der Waals surface area contributed by atoms with Gasteiger partial charge in [0.15, 0.2) is 0 Å². The summed E-state index contributed by atoms with van der Waals surface area (Å²) in [6, 6.07) is 85.7. The number of rotatable bonds is 10. The molecule has 0 N–H and O–H groups in total. The van der Waals surface area contributed by atoms with Crippen LogP contribution in [-0.4, -0.2) is 0 Å². The van der Waals surface area contributed by atoms with Crippen molar-refractivity contribution in [3.63, 3.8) is 0 Å². The molecule has 0 saturated heterocycles. The standard InChI is InChI=1S/2C26H21NP.8ClH.2Mn/c2*27-20-22-16-18-23(19-17-22)21-28(24-10-4-1-5-11-24,25-12-6-2-7-13-25)26-14-8-3-9-15-26;;;;;;;;;;/h2*1-19H,21H2;8*1H;;/q2*+1;;;;;;;;;2*+3/p-8. The van der Waals surface area contributed by atoms with Crippen LogP contribution in [-0.2, 0) is 30.7 Å². The summed E-state index contributed by atoms with van der Waals surface area (Å²) >= 11 is 0. The van der Waals surface area contributed by atoms with Gasteiger partial charge in [0.25, 0.3) is 0 Å². The molecule has 14 heteroatoms. The van der Waals surface area contributed by atoms with Crippen LogP contribution in [0.2, 0.25) is 0 Å². The van der Waals surface area contributed by atoms with Gasteiger partial charge >= 0.3 is 99.2 Å². The quantitative estimate of drug-likeness (QED) is 0.101. The molecule has 8 aromatic carbocycles. The minimum atomic E-state index is -2.74. The molecule has 0 spiro atoms. The topological polar surface area (TPSA) is 47.6 Å². The molecule has 0 aromatic heterocycles. The van der Waals surface area contributed by atoms with Crippen LogP contribution in [0.25, 0.3) is 0 Å². The summed E-state index contributed by atoms with van der Waals surface area (Å²) in [4.78, 5) is 0. The molecule has 0 bridgehead atoms. The molecule has 0 aliphatic rings. The average Bonchev–Trinajstić information content (AvgIpc) is 3.34. The molecule has 66 heavy (non-hydrogen) atoms. The van der Waals surface area contributed by atoms with Crippen molar-refractivity contribution < 1.29 is 18.4 Å². The van der Waals surface area contributed by atoms with Crippen molar-refractivity contribution in [1.29, 1.82) is 10.5 Å². The van der Waals surface area contributed by atoms with Gasteiger partial charge in [-0.15, -0.1) is 0 Å². The van der Waals surface area contributed by atoms with Crippen LogP contribution in [0.15, 0.2) is 231 Å². The summed E-state index contributed by atoms with van der Waals surface area (Å²) in [7, 11) is 30.5. The molecule has 0 radical (unpaired) electrons. The van der Waals surface area contributed by atoms with Crippen molar-refractivity contribution in [1.82, 2.24) is 0 Å². The molecule has 0 aliphatic heterocycles. The van der Waals surface area contributed by atoms with E-state index < -0.39 is 32.9 Å². The van der Waals surface area contributed by atoms with E-state index in [0.29, 0.717) is 11.1 Å². The van der Waals surface area contributed by atoms with E-state index in [2.05, 4.69) is 218 Å². The Morgan fingerprint density at radius 1 is 0.288 bits per heavy atom. The van der Waals surface area contributed by atoms with Crippen LogP contribution in [0.3, 0.4) is 0 Å². The maximum absolute atomic E-state index is 9.15. The predicted octanol–water partition coefficient (Wildman–Crippen LogP) is 15.6. The zero-order valence-electron chi connectivity index (χ0n) is 34.9. The summed E-state index contributed by atoms with van der Waals surface area (Å²) in [5.74, 6) is 0. The Labute approximate surface area is 428 Å². The van der Waals surface area contributed by atoms with E-state index >= 15 is 0 Å². The van der Waals surface area contributed by atoms with E-state index in [1.165, 1.54) is 43.0 Å². The normalized spacial score (nSPS) is 11.6. The van der Waals surface area contributed by atoms with E-state index in [0.717, 1.165) is 12.3 Å². The van der Waals surface area contributed by atoms with Crippen molar-refractivity contribution in [3.05, 3.63) is 253 Å². The zero-order valence-corrected chi connectivity index (χ0v) is 45.1. The van der Waals surface area contributed by atoms with Gasteiger partial charge in [-0.1, -0.05) is 133 Å². The average molecular weight is 1150 g/mol. The molecule has 0 heterocycles. The van der Waals surface area contributed by atoms with Gasteiger partial charge in [0, 0.05) is 0 Å². The molecule has 8 aromatic rings. The Morgan fingerprint density at radius 2 is 0.455 bits per heavy atom. The Hall–Kier alpha value is -3.04.